The van der Waals surface area contributed by atoms with Crippen molar-refractivity contribution < 1.29 is 4.79 Å². The molecule has 0 aliphatic heterocycles. The van der Waals surface area contributed by atoms with Crippen molar-refractivity contribution in [1.29, 1.82) is 0 Å². The Bertz CT molecular complexity index is 400. The van der Waals surface area contributed by atoms with E-state index in [1.54, 1.807) is 7.05 Å². The Morgan fingerprint density at radius 2 is 1.95 bits per heavy atom. The highest BCUT2D eigenvalue weighted by atomic mass is 16.1. The van der Waals surface area contributed by atoms with Gasteiger partial charge in [0.05, 0.1) is 0 Å². The number of aryl methyl sites for hydroxylation is 1. The van der Waals surface area contributed by atoms with Crippen molar-refractivity contribution in [2.24, 2.45) is 5.73 Å². The van der Waals surface area contributed by atoms with Gasteiger partial charge in [-0.1, -0.05) is 29.8 Å². The smallest absolute Gasteiger partial charge is 0.221 e. The summed E-state index contributed by atoms with van der Waals surface area (Å²) < 4.78 is 0. The van der Waals surface area contributed by atoms with Crippen LogP contribution in [0, 0.1) is 6.92 Å². The van der Waals surface area contributed by atoms with Crippen molar-refractivity contribution in [1.82, 2.24) is 10.2 Å². The summed E-state index contributed by atoms with van der Waals surface area (Å²) in [5, 5.41) is 2.64. The molecule has 4 heteroatoms. The summed E-state index contributed by atoms with van der Waals surface area (Å²) in [6.07, 6.45) is 0.488. The molecule has 1 aromatic carbocycles. The molecule has 0 bridgehead atoms. The first kappa shape index (κ1) is 15.7. The van der Waals surface area contributed by atoms with Crippen LogP contribution in [0.5, 0.6) is 0 Å². The Morgan fingerprint density at radius 3 is 2.42 bits per heavy atom. The third kappa shape index (κ3) is 4.65. The molecule has 2 unspecified atom stereocenters. The van der Waals surface area contributed by atoms with E-state index in [0.717, 1.165) is 0 Å². The van der Waals surface area contributed by atoms with Crippen LogP contribution in [0.4, 0.5) is 0 Å². The third-order valence-electron chi connectivity index (χ3n) is 3.36. The highest BCUT2D eigenvalue weighted by Gasteiger charge is 2.21. The Balaban J connectivity index is 2.76. The lowest BCUT2D eigenvalue weighted by Crippen LogP contribution is -2.39. The molecule has 0 radical (unpaired) electrons. The van der Waals surface area contributed by atoms with Crippen molar-refractivity contribution in [3.8, 4) is 0 Å². The Hall–Kier alpha value is -1.39. The van der Waals surface area contributed by atoms with Crippen LogP contribution in [0.3, 0.4) is 0 Å². The van der Waals surface area contributed by atoms with Crippen molar-refractivity contribution in [3.05, 3.63) is 35.4 Å². The summed E-state index contributed by atoms with van der Waals surface area (Å²) in [6, 6.07) is 8.55. The van der Waals surface area contributed by atoms with Crippen molar-refractivity contribution >= 4 is 5.91 Å². The van der Waals surface area contributed by atoms with Crippen LogP contribution in [0.1, 0.15) is 30.5 Å². The van der Waals surface area contributed by atoms with E-state index < -0.39 is 0 Å². The van der Waals surface area contributed by atoms with E-state index in [0.29, 0.717) is 13.0 Å². The molecule has 0 spiro atoms. The second-order valence-corrected chi connectivity index (χ2v) is 5.12. The van der Waals surface area contributed by atoms with Gasteiger partial charge in [0.2, 0.25) is 5.91 Å². The summed E-state index contributed by atoms with van der Waals surface area (Å²) in [6.45, 7) is 4.76. The number of hydrogen-bond acceptors (Lipinski definition) is 3. The molecule has 1 amide bonds. The molecule has 19 heavy (non-hydrogen) atoms. The van der Waals surface area contributed by atoms with Crippen molar-refractivity contribution in [2.45, 2.75) is 32.4 Å². The van der Waals surface area contributed by atoms with E-state index in [1.165, 1.54) is 11.1 Å². The zero-order valence-corrected chi connectivity index (χ0v) is 12.3. The maximum absolute atomic E-state index is 11.3. The van der Waals surface area contributed by atoms with Crippen LogP contribution < -0.4 is 11.1 Å². The van der Waals surface area contributed by atoms with Gasteiger partial charge in [0.1, 0.15) is 0 Å². The maximum atomic E-state index is 11.3. The lowest BCUT2D eigenvalue weighted by molar-refractivity contribution is -0.121. The van der Waals surface area contributed by atoms with E-state index in [1.807, 2.05) is 14.0 Å². The van der Waals surface area contributed by atoms with Crippen LogP contribution in [-0.2, 0) is 4.79 Å². The van der Waals surface area contributed by atoms with Crippen LogP contribution in [-0.4, -0.2) is 37.5 Å². The number of nitrogens with one attached hydrogen (secondary N) is 1. The maximum Gasteiger partial charge on any atom is 0.221 e. The molecule has 2 atom stereocenters. The van der Waals surface area contributed by atoms with Gasteiger partial charge in [-0.15, -0.1) is 0 Å². The number of amides is 1. The van der Waals surface area contributed by atoms with E-state index >= 15 is 0 Å². The van der Waals surface area contributed by atoms with Gasteiger partial charge < -0.3 is 11.1 Å². The number of hydrogen-bond donors (Lipinski definition) is 2. The number of rotatable bonds is 6. The van der Waals surface area contributed by atoms with Crippen molar-refractivity contribution in [3.63, 3.8) is 0 Å². The zero-order chi connectivity index (χ0) is 14.4. The molecule has 1 rings (SSSR count). The molecule has 3 N–H and O–H groups in total. The average molecular weight is 263 g/mol. The first-order chi connectivity index (χ1) is 8.95. The number of nitrogens with two attached hydrogens (primary N) is 1. The van der Waals surface area contributed by atoms with Gasteiger partial charge in [0.25, 0.3) is 0 Å². The molecule has 1 aromatic rings. The minimum Gasteiger partial charge on any atom is -0.359 e. The van der Waals surface area contributed by atoms with Gasteiger partial charge in [-0.05, 0) is 26.5 Å². The van der Waals surface area contributed by atoms with Gasteiger partial charge in [0, 0.05) is 32.1 Å². The SMILES string of the molecule is CNC(=O)CCN(C)C(c1ccc(C)cc1)C(C)N. The predicted molar refractivity (Wildman–Crippen MR) is 78.9 cm³/mol. The van der Waals surface area contributed by atoms with Crippen LogP contribution >= 0.6 is 0 Å². The lowest BCUT2D eigenvalue weighted by Gasteiger charge is -2.31. The molecule has 0 saturated carbocycles. The molecular weight excluding hydrogens is 238 g/mol. The highest BCUT2D eigenvalue weighted by Crippen LogP contribution is 2.22. The normalized spacial score (nSPS) is 14.2. The van der Waals surface area contributed by atoms with E-state index in [9.17, 15) is 4.79 Å². The number of benzene rings is 1. The van der Waals surface area contributed by atoms with E-state index in [2.05, 4.69) is 41.4 Å². The molecular formula is C15H25N3O. The van der Waals surface area contributed by atoms with Gasteiger partial charge >= 0.3 is 0 Å². The standard InChI is InChI=1S/C15H25N3O/c1-11-5-7-13(8-6-11)15(12(2)16)18(4)10-9-14(19)17-3/h5-8,12,15H,9-10,16H2,1-4H3,(H,17,19). The van der Waals surface area contributed by atoms with Gasteiger partial charge in [-0.25, -0.2) is 0 Å². The van der Waals surface area contributed by atoms with Crippen molar-refractivity contribution in [2.75, 3.05) is 20.6 Å². The molecule has 0 aliphatic rings. The summed E-state index contributed by atoms with van der Waals surface area (Å²) >= 11 is 0. The number of carbonyl (C=O) groups excluding carboxylic acids is 1. The fraction of sp³-hybridized carbons (Fsp3) is 0.533. The molecule has 0 aromatic heterocycles. The first-order valence-corrected chi connectivity index (χ1v) is 6.68. The number of carbonyl (C=O) groups is 1. The highest BCUT2D eigenvalue weighted by molar-refractivity contribution is 5.75. The molecule has 0 aliphatic carbocycles. The largest absolute Gasteiger partial charge is 0.359 e. The lowest BCUT2D eigenvalue weighted by atomic mass is 9.98. The second kappa shape index (κ2) is 7.26. The molecule has 0 fully saturated rings. The minimum atomic E-state index is 0.0115. The van der Waals surface area contributed by atoms with Crippen LogP contribution in [0.15, 0.2) is 24.3 Å². The number of likely N-dealkylation sites (N-methyl/N-ethyl adjacent to an activating group) is 1. The fourth-order valence-corrected chi connectivity index (χ4v) is 2.27. The minimum absolute atomic E-state index is 0.0115. The Morgan fingerprint density at radius 1 is 1.37 bits per heavy atom. The summed E-state index contributed by atoms with van der Waals surface area (Å²) in [5.74, 6) is 0.0548. The Labute approximate surface area is 116 Å². The quantitative estimate of drug-likeness (QED) is 0.817. The topological polar surface area (TPSA) is 58.4 Å². The second-order valence-electron chi connectivity index (χ2n) is 5.12. The first-order valence-electron chi connectivity index (χ1n) is 6.68. The van der Waals surface area contributed by atoms with Gasteiger partial charge in [-0.2, -0.15) is 0 Å². The monoisotopic (exact) mass is 263 g/mol. The number of nitrogens with zero attached hydrogens (tertiary/aromatic N) is 1. The summed E-state index contributed by atoms with van der Waals surface area (Å²) in [5.41, 5.74) is 8.54. The van der Waals surface area contributed by atoms with E-state index in [-0.39, 0.29) is 18.0 Å². The average Bonchev–Trinajstić information content (AvgIpc) is 2.38. The zero-order valence-electron chi connectivity index (χ0n) is 12.3. The molecule has 106 valence electrons. The molecule has 0 heterocycles. The fourth-order valence-electron chi connectivity index (χ4n) is 2.27. The summed E-state index contributed by atoms with van der Waals surface area (Å²) in [4.78, 5) is 13.5. The third-order valence-corrected chi connectivity index (χ3v) is 3.36. The molecule has 4 nitrogen and oxygen atoms in total. The predicted octanol–water partition coefficient (Wildman–Crippen LogP) is 1.45. The van der Waals surface area contributed by atoms with Crippen LogP contribution in [0.25, 0.3) is 0 Å². The summed E-state index contributed by atoms with van der Waals surface area (Å²) in [7, 11) is 3.67. The van der Waals surface area contributed by atoms with Gasteiger partial charge in [-0.3, -0.25) is 9.69 Å². The van der Waals surface area contributed by atoms with Crippen LogP contribution in [0.2, 0.25) is 0 Å². The Kier molecular flexibility index (Phi) is 5.99. The van der Waals surface area contributed by atoms with Gasteiger partial charge in [0.15, 0.2) is 0 Å². The van der Waals surface area contributed by atoms with E-state index in [4.69, 9.17) is 5.73 Å². The molecule has 0 saturated heterocycles.